The van der Waals surface area contributed by atoms with Gasteiger partial charge in [0.25, 0.3) is 5.91 Å². The van der Waals surface area contributed by atoms with Crippen LogP contribution in [0.3, 0.4) is 0 Å². The number of hydrogen-bond acceptors (Lipinski definition) is 5. The first-order valence-corrected chi connectivity index (χ1v) is 7.50. The monoisotopic (exact) mass is 316 g/mol. The van der Waals surface area contributed by atoms with Crippen LogP contribution >= 0.6 is 0 Å². The number of hydrogen-bond donors (Lipinski definition) is 1. The first kappa shape index (κ1) is 16.5. The van der Waals surface area contributed by atoms with Crippen LogP contribution in [-0.4, -0.2) is 27.4 Å². The molecule has 0 unspecified atom stereocenters. The fraction of sp³-hybridized carbons (Fsp3) is 0.312. The van der Waals surface area contributed by atoms with Crippen LogP contribution in [-0.2, 0) is 6.54 Å². The predicted molar refractivity (Wildman–Crippen MR) is 84.9 cm³/mol. The first-order chi connectivity index (χ1) is 11.2. The minimum absolute atomic E-state index is 0.220. The van der Waals surface area contributed by atoms with Gasteiger partial charge in [0.05, 0.1) is 19.0 Å². The van der Waals surface area contributed by atoms with Crippen molar-refractivity contribution in [1.29, 1.82) is 0 Å². The maximum Gasteiger partial charge on any atom is 0.273 e. The number of carbonyl (C=O) groups excluding carboxylic acids is 1. The molecule has 1 amide bonds. The second kappa shape index (κ2) is 7.98. The molecule has 0 saturated carbocycles. The van der Waals surface area contributed by atoms with Gasteiger partial charge in [-0.15, -0.1) is 0 Å². The molecule has 3 rings (SSSR count). The minimum atomic E-state index is -0.291. The van der Waals surface area contributed by atoms with E-state index >= 15 is 0 Å². The highest BCUT2D eigenvalue weighted by Crippen LogP contribution is 2.20. The van der Waals surface area contributed by atoms with Gasteiger partial charge in [0.15, 0.2) is 11.5 Å². The number of carbonyl (C=O) groups is 1. The summed E-state index contributed by atoms with van der Waals surface area (Å²) in [7, 11) is 0. The van der Waals surface area contributed by atoms with Gasteiger partial charge < -0.3 is 14.3 Å². The van der Waals surface area contributed by atoms with E-state index in [0.29, 0.717) is 24.6 Å². The van der Waals surface area contributed by atoms with Crippen LogP contribution in [0.4, 0.5) is 0 Å². The van der Waals surface area contributed by atoms with Crippen LogP contribution in [0, 0.1) is 6.92 Å². The van der Waals surface area contributed by atoms with Gasteiger partial charge in [-0.3, -0.25) is 9.48 Å². The fourth-order valence-electron chi connectivity index (χ4n) is 1.88. The standard InChI is InChI=1S/C14H14N4O3.C2H6/c1-10-8-16-18(9-10)5-4-15-14(19)11-7-13(21-17-11)12-3-2-6-20-12;1-2/h2-3,6-9H,4-5H2,1H3,(H,15,19);1-2H3. The number of furan rings is 1. The van der Waals surface area contributed by atoms with E-state index in [2.05, 4.69) is 15.6 Å². The highest BCUT2D eigenvalue weighted by atomic mass is 16.5. The Bertz CT molecular complexity index is 728. The van der Waals surface area contributed by atoms with E-state index in [1.54, 1.807) is 29.1 Å². The van der Waals surface area contributed by atoms with E-state index in [4.69, 9.17) is 8.94 Å². The summed E-state index contributed by atoms with van der Waals surface area (Å²) >= 11 is 0. The van der Waals surface area contributed by atoms with E-state index in [0.717, 1.165) is 5.56 Å². The Labute approximate surface area is 134 Å². The molecule has 0 atom stereocenters. The lowest BCUT2D eigenvalue weighted by atomic mass is 10.3. The van der Waals surface area contributed by atoms with Crippen molar-refractivity contribution in [1.82, 2.24) is 20.3 Å². The molecule has 7 heteroatoms. The smallest absolute Gasteiger partial charge is 0.273 e. The number of aryl methyl sites for hydroxylation is 1. The molecule has 0 fully saturated rings. The summed E-state index contributed by atoms with van der Waals surface area (Å²) in [5.41, 5.74) is 1.30. The molecule has 0 aromatic carbocycles. The molecular weight excluding hydrogens is 296 g/mol. The third-order valence-electron chi connectivity index (χ3n) is 2.90. The van der Waals surface area contributed by atoms with Gasteiger partial charge >= 0.3 is 0 Å². The normalized spacial score (nSPS) is 10.0. The Morgan fingerprint density at radius 1 is 1.35 bits per heavy atom. The molecule has 0 spiro atoms. The molecule has 122 valence electrons. The molecule has 3 heterocycles. The lowest BCUT2D eigenvalue weighted by Crippen LogP contribution is -2.27. The summed E-state index contributed by atoms with van der Waals surface area (Å²) in [4.78, 5) is 11.9. The molecule has 3 aromatic heterocycles. The zero-order chi connectivity index (χ0) is 16.7. The first-order valence-electron chi connectivity index (χ1n) is 7.50. The van der Waals surface area contributed by atoms with Crippen LogP contribution in [0.25, 0.3) is 11.5 Å². The maximum absolute atomic E-state index is 11.9. The third-order valence-corrected chi connectivity index (χ3v) is 2.90. The molecule has 7 nitrogen and oxygen atoms in total. The molecule has 23 heavy (non-hydrogen) atoms. The number of nitrogens with zero attached hydrogens (tertiary/aromatic N) is 3. The van der Waals surface area contributed by atoms with Gasteiger partial charge in [0.1, 0.15) is 0 Å². The molecule has 0 aliphatic carbocycles. The summed E-state index contributed by atoms with van der Waals surface area (Å²) in [6.45, 7) is 7.03. The van der Waals surface area contributed by atoms with E-state index in [-0.39, 0.29) is 11.6 Å². The summed E-state index contributed by atoms with van der Waals surface area (Å²) in [5, 5.41) is 10.6. The van der Waals surface area contributed by atoms with Crippen molar-refractivity contribution < 1.29 is 13.7 Å². The quantitative estimate of drug-likeness (QED) is 0.782. The van der Waals surface area contributed by atoms with Crippen LogP contribution in [0.1, 0.15) is 29.9 Å². The minimum Gasteiger partial charge on any atom is -0.461 e. The average molecular weight is 316 g/mol. The Hall–Kier alpha value is -2.83. The van der Waals surface area contributed by atoms with E-state index in [1.807, 2.05) is 27.0 Å². The van der Waals surface area contributed by atoms with Crippen molar-refractivity contribution >= 4 is 5.91 Å². The Morgan fingerprint density at radius 2 is 2.17 bits per heavy atom. The molecule has 0 bridgehead atoms. The molecular formula is C16H20N4O3. The van der Waals surface area contributed by atoms with Crippen molar-refractivity contribution in [2.75, 3.05) is 6.54 Å². The summed E-state index contributed by atoms with van der Waals surface area (Å²) in [5.74, 6) is 0.668. The second-order valence-corrected chi connectivity index (χ2v) is 4.59. The largest absolute Gasteiger partial charge is 0.461 e. The lowest BCUT2D eigenvalue weighted by Gasteiger charge is -2.02. The van der Waals surface area contributed by atoms with Gasteiger partial charge in [0.2, 0.25) is 5.76 Å². The Balaban J connectivity index is 0.000000924. The van der Waals surface area contributed by atoms with Crippen molar-refractivity contribution in [3.63, 3.8) is 0 Å². The maximum atomic E-state index is 11.9. The van der Waals surface area contributed by atoms with E-state index in [1.165, 1.54) is 6.26 Å². The van der Waals surface area contributed by atoms with Crippen LogP contribution < -0.4 is 5.32 Å². The molecule has 0 aliphatic rings. The van der Waals surface area contributed by atoms with Gasteiger partial charge in [-0.25, -0.2) is 0 Å². The lowest BCUT2D eigenvalue weighted by molar-refractivity contribution is 0.0943. The number of aromatic nitrogens is 3. The summed E-state index contributed by atoms with van der Waals surface area (Å²) in [6, 6.07) is 5.03. The molecule has 1 N–H and O–H groups in total. The van der Waals surface area contributed by atoms with Crippen molar-refractivity contribution in [3.8, 4) is 11.5 Å². The predicted octanol–water partition coefficient (Wildman–Crippen LogP) is 2.90. The fourth-order valence-corrected chi connectivity index (χ4v) is 1.88. The molecule has 0 radical (unpaired) electrons. The van der Waals surface area contributed by atoms with Gasteiger partial charge in [-0.1, -0.05) is 19.0 Å². The van der Waals surface area contributed by atoms with Crippen LogP contribution in [0.2, 0.25) is 0 Å². The topological polar surface area (TPSA) is 86.1 Å². The van der Waals surface area contributed by atoms with Crippen LogP contribution in [0.5, 0.6) is 0 Å². The zero-order valence-corrected chi connectivity index (χ0v) is 13.4. The number of nitrogens with one attached hydrogen (secondary N) is 1. The van der Waals surface area contributed by atoms with Gasteiger partial charge in [-0.05, 0) is 24.6 Å². The second-order valence-electron chi connectivity index (χ2n) is 4.59. The van der Waals surface area contributed by atoms with E-state index in [9.17, 15) is 4.79 Å². The van der Waals surface area contributed by atoms with Crippen molar-refractivity contribution in [3.05, 3.63) is 48.1 Å². The average Bonchev–Trinajstić information content (AvgIpc) is 3.30. The van der Waals surface area contributed by atoms with Crippen molar-refractivity contribution in [2.45, 2.75) is 27.3 Å². The number of amides is 1. The Morgan fingerprint density at radius 3 is 2.83 bits per heavy atom. The molecule has 0 saturated heterocycles. The van der Waals surface area contributed by atoms with Gasteiger partial charge in [0, 0.05) is 18.8 Å². The summed E-state index contributed by atoms with van der Waals surface area (Å²) < 4.78 is 12.0. The van der Waals surface area contributed by atoms with Crippen molar-refractivity contribution in [2.24, 2.45) is 0 Å². The highest BCUT2D eigenvalue weighted by molar-refractivity contribution is 5.92. The molecule has 0 aliphatic heterocycles. The number of rotatable bonds is 5. The summed E-state index contributed by atoms with van der Waals surface area (Å²) in [6.07, 6.45) is 5.22. The SMILES string of the molecule is CC.Cc1cnn(CCNC(=O)c2cc(-c3ccco3)on2)c1. The van der Waals surface area contributed by atoms with E-state index < -0.39 is 0 Å². The van der Waals surface area contributed by atoms with Gasteiger partial charge in [-0.2, -0.15) is 5.10 Å². The third kappa shape index (κ3) is 4.32. The molecule has 3 aromatic rings. The highest BCUT2D eigenvalue weighted by Gasteiger charge is 2.14. The Kier molecular flexibility index (Phi) is 5.74. The van der Waals surface area contributed by atoms with Crippen LogP contribution in [0.15, 0.2) is 45.8 Å². The zero-order valence-electron chi connectivity index (χ0n) is 13.4.